The summed E-state index contributed by atoms with van der Waals surface area (Å²) >= 11 is 5.06. The van der Waals surface area contributed by atoms with Crippen molar-refractivity contribution in [3.8, 4) is 0 Å². The zero-order chi connectivity index (χ0) is 16.5. The third kappa shape index (κ3) is 3.09. The van der Waals surface area contributed by atoms with Gasteiger partial charge in [-0.3, -0.25) is 9.20 Å². The van der Waals surface area contributed by atoms with E-state index in [1.165, 1.54) is 15.7 Å². The van der Waals surface area contributed by atoms with Gasteiger partial charge in [-0.1, -0.05) is 30.3 Å². The van der Waals surface area contributed by atoms with Crippen molar-refractivity contribution < 1.29 is 0 Å². The van der Waals surface area contributed by atoms with Crippen LogP contribution in [0.1, 0.15) is 5.69 Å². The molecule has 0 amide bonds. The van der Waals surface area contributed by atoms with Crippen molar-refractivity contribution in [2.24, 2.45) is 0 Å². The minimum absolute atomic E-state index is 0.0598. The summed E-state index contributed by atoms with van der Waals surface area (Å²) in [5, 5.41) is 2.45. The Bertz CT molecular complexity index is 1110. The fourth-order valence-electron chi connectivity index (χ4n) is 2.61. The van der Waals surface area contributed by atoms with Gasteiger partial charge in [0.2, 0.25) is 0 Å². The number of rotatable bonds is 3. The van der Waals surface area contributed by atoms with Crippen LogP contribution in [0.4, 0.5) is 0 Å². The van der Waals surface area contributed by atoms with Gasteiger partial charge in [0.1, 0.15) is 5.65 Å². The van der Waals surface area contributed by atoms with Crippen LogP contribution in [-0.4, -0.2) is 9.38 Å². The number of thioether (sulfide) groups is 1. The maximum Gasteiger partial charge on any atom is 0.258 e. The van der Waals surface area contributed by atoms with Crippen molar-refractivity contribution >= 4 is 44.1 Å². The molecule has 0 saturated carbocycles. The standard InChI is InChI=1S/C19H13BrN2OS/c20-15-6-8-18-21-16(10-19(23)22(18)11-15)12-24-17-7-5-13-3-1-2-4-14(13)9-17/h1-11H,12H2. The van der Waals surface area contributed by atoms with E-state index in [-0.39, 0.29) is 5.56 Å². The monoisotopic (exact) mass is 396 g/mol. The average Bonchev–Trinajstić information content (AvgIpc) is 2.60. The van der Waals surface area contributed by atoms with Gasteiger partial charge in [-0.2, -0.15) is 0 Å². The molecule has 0 atom stereocenters. The molecule has 3 nitrogen and oxygen atoms in total. The van der Waals surface area contributed by atoms with E-state index in [2.05, 4.69) is 51.2 Å². The first-order valence-electron chi connectivity index (χ1n) is 7.48. The SMILES string of the molecule is O=c1cc(CSc2ccc3ccccc3c2)nc2ccc(Br)cn12. The smallest absolute Gasteiger partial charge is 0.258 e. The molecule has 2 heterocycles. The summed E-state index contributed by atoms with van der Waals surface area (Å²) in [4.78, 5) is 18.0. The highest BCUT2D eigenvalue weighted by atomic mass is 79.9. The number of benzene rings is 2. The highest BCUT2D eigenvalue weighted by molar-refractivity contribution is 9.10. The summed E-state index contributed by atoms with van der Waals surface area (Å²) in [5.41, 5.74) is 1.40. The predicted octanol–water partition coefficient (Wildman–Crippen LogP) is 4.90. The molecule has 0 spiro atoms. The van der Waals surface area contributed by atoms with E-state index in [1.807, 2.05) is 24.3 Å². The molecule has 0 fully saturated rings. The van der Waals surface area contributed by atoms with Crippen molar-refractivity contribution in [3.63, 3.8) is 0 Å². The van der Waals surface area contributed by atoms with Crippen LogP contribution in [0.15, 0.2) is 81.0 Å². The molecular formula is C19H13BrN2OS. The molecule has 0 bridgehead atoms. The third-order valence-corrected chi connectivity index (χ3v) is 5.28. The average molecular weight is 397 g/mol. The van der Waals surface area contributed by atoms with Crippen molar-refractivity contribution in [2.45, 2.75) is 10.6 Å². The van der Waals surface area contributed by atoms with Gasteiger partial charge in [0.05, 0.1) is 5.69 Å². The van der Waals surface area contributed by atoms with Gasteiger partial charge in [0.15, 0.2) is 0 Å². The Morgan fingerprint density at radius 3 is 2.71 bits per heavy atom. The van der Waals surface area contributed by atoms with Crippen molar-refractivity contribution in [2.75, 3.05) is 0 Å². The number of hydrogen-bond donors (Lipinski definition) is 0. The van der Waals surface area contributed by atoms with Crippen LogP contribution < -0.4 is 5.56 Å². The Hall–Kier alpha value is -2.11. The fourth-order valence-corrected chi connectivity index (χ4v) is 3.79. The first kappa shape index (κ1) is 15.4. The molecule has 0 unspecified atom stereocenters. The molecule has 0 radical (unpaired) electrons. The van der Waals surface area contributed by atoms with Crippen LogP contribution in [0.2, 0.25) is 0 Å². The summed E-state index contributed by atoms with van der Waals surface area (Å²) in [6.45, 7) is 0. The van der Waals surface area contributed by atoms with E-state index >= 15 is 0 Å². The van der Waals surface area contributed by atoms with Gasteiger partial charge in [-0.15, -0.1) is 11.8 Å². The molecule has 0 aliphatic carbocycles. The van der Waals surface area contributed by atoms with Crippen LogP contribution in [-0.2, 0) is 5.75 Å². The Morgan fingerprint density at radius 1 is 1.00 bits per heavy atom. The molecule has 0 N–H and O–H groups in total. The summed E-state index contributed by atoms with van der Waals surface area (Å²) in [6.07, 6.45) is 1.74. The van der Waals surface area contributed by atoms with Crippen LogP contribution in [0, 0.1) is 0 Å². The zero-order valence-electron chi connectivity index (χ0n) is 12.6. The molecule has 4 aromatic rings. The normalized spacial score (nSPS) is 11.2. The lowest BCUT2D eigenvalue weighted by Gasteiger charge is -2.06. The zero-order valence-corrected chi connectivity index (χ0v) is 15.0. The van der Waals surface area contributed by atoms with Gasteiger partial charge >= 0.3 is 0 Å². The number of hydrogen-bond acceptors (Lipinski definition) is 3. The molecular weight excluding hydrogens is 384 g/mol. The van der Waals surface area contributed by atoms with Gasteiger partial charge in [0.25, 0.3) is 5.56 Å². The van der Waals surface area contributed by atoms with E-state index < -0.39 is 0 Å². The minimum Gasteiger partial charge on any atom is -0.269 e. The lowest BCUT2D eigenvalue weighted by atomic mass is 10.1. The van der Waals surface area contributed by atoms with Crippen molar-refractivity contribution in [1.82, 2.24) is 9.38 Å². The maximum atomic E-state index is 12.2. The van der Waals surface area contributed by atoms with Crippen LogP contribution >= 0.6 is 27.7 Å². The summed E-state index contributed by atoms with van der Waals surface area (Å²) < 4.78 is 2.41. The molecule has 0 aliphatic heterocycles. The van der Waals surface area contributed by atoms with Crippen LogP contribution in [0.25, 0.3) is 16.4 Å². The van der Waals surface area contributed by atoms with E-state index in [4.69, 9.17) is 0 Å². The second-order valence-corrected chi connectivity index (χ2v) is 7.42. The van der Waals surface area contributed by atoms with Crippen LogP contribution in [0.3, 0.4) is 0 Å². The third-order valence-electron chi connectivity index (χ3n) is 3.78. The maximum absolute atomic E-state index is 12.2. The molecule has 2 aromatic heterocycles. The van der Waals surface area contributed by atoms with Crippen molar-refractivity contribution in [3.05, 3.63) is 87.4 Å². The van der Waals surface area contributed by atoms with E-state index in [9.17, 15) is 4.79 Å². The Labute approximate surface area is 151 Å². The molecule has 2 aromatic carbocycles. The summed E-state index contributed by atoms with van der Waals surface area (Å²) in [6, 6.07) is 20.0. The van der Waals surface area contributed by atoms with Gasteiger partial charge < -0.3 is 0 Å². The second kappa shape index (κ2) is 6.42. The molecule has 24 heavy (non-hydrogen) atoms. The lowest BCUT2D eigenvalue weighted by molar-refractivity contribution is 1.01. The first-order chi connectivity index (χ1) is 11.7. The predicted molar refractivity (Wildman–Crippen MR) is 103 cm³/mol. The van der Waals surface area contributed by atoms with E-state index in [0.29, 0.717) is 11.4 Å². The highest BCUT2D eigenvalue weighted by Crippen LogP contribution is 2.26. The summed E-state index contributed by atoms with van der Waals surface area (Å²) in [5.74, 6) is 0.667. The Kier molecular flexibility index (Phi) is 4.12. The topological polar surface area (TPSA) is 34.4 Å². The second-order valence-electron chi connectivity index (χ2n) is 5.46. The molecule has 0 aliphatic rings. The number of halogens is 1. The number of fused-ring (bicyclic) bond motifs is 2. The molecule has 4 rings (SSSR count). The van der Waals surface area contributed by atoms with Crippen molar-refractivity contribution in [1.29, 1.82) is 0 Å². The largest absolute Gasteiger partial charge is 0.269 e. The van der Waals surface area contributed by atoms with E-state index in [0.717, 1.165) is 10.2 Å². The quantitative estimate of drug-likeness (QED) is 0.461. The number of pyridine rings is 1. The minimum atomic E-state index is -0.0598. The highest BCUT2D eigenvalue weighted by Gasteiger charge is 2.04. The Balaban J connectivity index is 1.61. The lowest BCUT2D eigenvalue weighted by Crippen LogP contribution is -2.15. The van der Waals surface area contributed by atoms with Gasteiger partial charge in [0, 0.05) is 27.4 Å². The fraction of sp³-hybridized carbons (Fsp3) is 0.0526. The molecule has 0 saturated heterocycles. The summed E-state index contributed by atoms with van der Waals surface area (Å²) in [7, 11) is 0. The van der Waals surface area contributed by atoms with Gasteiger partial charge in [-0.05, 0) is 51.0 Å². The Morgan fingerprint density at radius 2 is 1.83 bits per heavy atom. The molecule has 5 heteroatoms. The molecule has 118 valence electrons. The van der Waals surface area contributed by atoms with Gasteiger partial charge in [-0.25, -0.2) is 4.98 Å². The van der Waals surface area contributed by atoms with Crippen LogP contribution in [0.5, 0.6) is 0 Å². The number of nitrogens with zero attached hydrogens (tertiary/aromatic N) is 2. The first-order valence-corrected chi connectivity index (χ1v) is 9.26. The van der Waals surface area contributed by atoms with E-state index in [1.54, 1.807) is 28.4 Å². The number of aromatic nitrogens is 2.